The number of hydrogen-bond acceptors (Lipinski definition) is 3. The highest BCUT2D eigenvalue weighted by Gasteiger charge is 2.05. The summed E-state index contributed by atoms with van der Waals surface area (Å²) in [6.07, 6.45) is 5.24. The van der Waals surface area contributed by atoms with Crippen LogP contribution in [-0.4, -0.2) is 14.2 Å². The Kier molecular flexibility index (Phi) is 6.06. The molecule has 0 aromatic rings. The van der Waals surface area contributed by atoms with Crippen LogP contribution in [0.4, 0.5) is 0 Å². The molecule has 1 aliphatic carbocycles. The first-order valence-corrected chi connectivity index (χ1v) is 4.78. The molecule has 1 aliphatic rings. The van der Waals surface area contributed by atoms with E-state index in [2.05, 4.69) is 5.14 Å². The highest BCUT2D eigenvalue weighted by molar-refractivity contribution is 7.69. The lowest BCUT2D eigenvalue weighted by atomic mass is 10.00. The van der Waals surface area contributed by atoms with E-state index in [9.17, 15) is 4.79 Å². The average Bonchev–Trinajstić information content (AvgIpc) is 1.87. The van der Waals surface area contributed by atoms with Crippen molar-refractivity contribution in [3.8, 4) is 0 Å². The van der Waals surface area contributed by atoms with Gasteiger partial charge in [-0.25, -0.2) is 13.6 Å². The molecule has 0 radical (unpaired) electrons. The molecule has 1 rings (SSSR count). The normalized spacial score (nSPS) is 17.5. The zero-order chi connectivity index (χ0) is 8.69. The third-order valence-corrected chi connectivity index (χ3v) is 1.41. The third kappa shape index (κ3) is 9.58. The maximum atomic E-state index is 10.5. The standard InChI is InChI=1S/C6H10O.H3NO2S/c7-6-4-2-1-3-5-6;1-4(2)3/h1-5H2;4H,(H2,1,2,3). The summed E-state index contributed by atoms with van der Waals surface area (Å²) in [6.45, 7) is 0. The fourth-order valence-electron chi connectivity index (χ4n) is 0.946. The molecular weight excluding hydrogens is 166 g/mol. The van der Waals surface area contributed by atoms with Crippen molar-refractivity contribution in [2.24, 2.45) is 5.14 Å². The molecule has 0 atom stereocenters. The molecule has 2 N–H and O–H groups in total. The quantitative estimate of drug-likeness (QED) is 0.513. The Balaban J connectivity index is 0.000000218. The number of nitrogens with two attached hydrogens (primary N) is 1. The minimum absolute atomic E-state index is 0.464. The van der Waals surface area contributed by atoms with Crippen LogP contribution in [0.5, 0.6) is 0 Å². The summed E-state index contributed by atoms with van der Waals surface area (Å²) < 4.78 is 17.6. The van der Waals surface area contributed by atoms with E-state index in [1.54, 1.807) is 0 Å². The summed E-state index contributed by atoms with van der Waals surface area (Å²) in [7, 11) is -2.62. The lowest BCUT2D eigenvalue weighted by Gasteiger charge is -2.05. The monoisotopic (exact) mass is 179 g/mol. The smallest absolute Gasteiger partial charge is 0.198 e. The number of carbonyl (C=O) groups excluding carboxylic acids is 1. The van der Waals surface area contributed by atoms with Crippen molar-refractivity contribution < 1.29 is 13.2 Å². The number of hydrogen-bond donors (Lipinski definition) is 2. The molecule has 1 saturated carbocycles. The summed E-state index contributed by atoms with van der Waals surface area (Å²) in [6, 6.07) is 0. The molecule has 0 bridgehead atoms. The van der Waals surface area contributed by atoms with Gasteiger partial charge in [-0.15, -0.1) is 0 Å². The van der Waals surface area contributed by atoms with E-state index in [1.165, 1.54) is 6.42 Å². The highest BCUT2D eigenvalue weighted by Crippen LogP contribution is 2.12. The molecule has 0 unspecified atom stereocenters. The molecule has 0 spiro atoms. The Bertz CT molecular complexity index is 172. The van der Waals surface area contributed by atoms with Gasteiger partial charge in [0.2, 0.25) is 0 Å². The molecule has 0 heterocycles. The minimum Gasteiger partial charge on any atom is -0.300 e. The number of rotatable bonds is 0. The molecule has 1 fully saturated rings. The third-order valence-electron chi connectivity index (χ3n) is 1.41. The van der Waals surface area contributed by atoms with Gasteiger partial charge in [-0.05, 0) is 12.8 Å². The first kappa shape index (κ1) is 10.6. The molecule has 66 valence electrons. The first-order chi connectivity index (χ1) is 5.13. The second kappa shape index (κ2) is 6.30. The molecule has 4 nitrogen and oxygen atoms in total. The topological polar surface area (TPSA) is 77.2 Å². The molecule has 0 saturated heterocycles. The summed E-state index contributed by atoms with van der Waals surface area (Å²) in [5, 5.41) is 4.06. The maximum Gasteiger partial charge on any atom is 0.198 e. The van der Waals surface area contributed by atoms with Gasteiger partial charge in [0.05, 0.1) is 0 Å². The van der Waals surface area contributed by atoms with Crippen molar-refractivity contribution in [3.63, 3.8) is 0 Å². The van der Waals surface area contributed by atoms with Gasteiger partial charge >= 0.3 is 0 Å². The molecule has 0 aliphatic heterocycles. The van der Waals surface area contributed by atoms with Crippen molar-refractivity contribution in [2.45, 2.75) is 32.1 Å². The number of ketones is 1. The molecular formula is C6H13NO3S. The van der Waals surface area contributed by atoms with Crippen LogP contribution in [0.15, 0.2) is 0 Å². The highest BCUT2D eigenvalue weighted by atomic mass is 32.2. The molecule has 0 aromatic heterocycles. The Morgan fingerprint density at radius 1 is 1.09 bits per heavy atom. The Labute approximate surface area is 67.9 Å². The predicted molar refractivity (Wildman–Crippen MR) is 42.6 cm³/mol. The van der Waals surface area contributed by atoms with Gasteiger partial charge in [-0.1, -0.05) is 6.42 Å². The van der Waals surface area contributed by atoms with Crippen molar-refractivity contribution >= 4 is 16.7 Å². The van der Waals surface area contributed by atoms with Gasteiger partial charge in [0.25, 0.3) is 0 Å². The second-order valence-corrected chi connectivity index (χ2v) is 2.96. The van der Waals surface area contributed by atoms with Crippen LogP contribution in [0.1, 0.15) is 32.1 Å². The van der Waals surface area contributed by atoms with E-state index in [4.69, 9.17) is 8.42 Å². The fraction of sp³-hybridized carbons (Fsp3) is 0.833. The minimum atomic E-state index is -2.62. The Morgan fingerprint density at radius 2 is 1.45 bits per heavy atom. The number of Topliss-reactive ketones (excluding diaryl/α,β-unsaturated/α-hetero) is 1. The van der Waals surface area contributed by atoms with Gasteiger partial charge in [-0.3, -0.25) is 4.79 Å². The average molecular weight is 179 g/mol. The molecule has 11 heavy (non-hydrogen) atoms. The van der Waals surface area contributed by atoms with Crippen LogP contribution in [-0.2, 0) is 15.7 Å². The van der Waals surface area contributed by atoms with E-state index in [0.717, 1.165) is 25.7 Å². The van der Waals surface area contributed by atoms with E-state index in [-0.39, 0.29) is 0 Å². The van der Waals surface area contributed by atoms with Crippen molar-refractivity contribution in [2.75, 3.05) is 0 Å². The predicted octanol–water partition coefficient (Wildman–Crippen LogP) is -0.00890. The van der Waals surface area contributed by atoms with E-state index in [0.29, 0.717) is 5.78 Å². The number of carbonyl (C=O) groups is 1. The van der Waals surface area contributed by atoms with E-state index < -0.39 is 10.9 Å². The van der Waals surface area contributed by atoms with Crippen LogP contribution in [0.25, 0.3) is 0 Å². The van der Waals surface area contributed by atoms with Crippen molar-refractivity contribution in [1.29, 1.82) is 0 Å². The summed E-state index contributed by atoms with van der Waals surface area (Å²) >= 11 is 0. The lowest BCUT2D eigenvalue weighted by Crippen LogP contribution is -2.02. The zero-order valence-electron chi connectivity index (χ0n) is 6.28. The van der Waals surface area contributed by atoms with Crippen molar-refractivity contribution in [3.05, 3.63) is 0 Å². The van der Waals surface area contributed by atoms with Crippen LogP contribution in [0, 0.1) is 0 Å². The van der Waals surface area contributed by atoms with E-state index in [1.807, 2.05) is 0 Å². The summed E-state index contributed by atoms with van der Waals surface area (Å²) in [5.74, 6) is 0.464. The number of thiol groups is 1. The van der Waals surface area contributed by atoms with E-state index >= 15 is 0 Å². The van der Waals surface area contributed by atoms with Gasteiger partial charge in [0, 0.05) is 12.8 Å². The Morgan fingerprint density at radius 3 is 1.64 bits per heavy atom. The maximum absolute atomic E-state index is 10.5. The summed E-state index contributed by atoms with van der Waals surface area (Å²) in [4.78, 5) is 10.5. The van der Waals surface area contributed by atoms with Gasteiger partial charge in [0.15, 0.2) is 10.9 Å². The van der Waals surface area contributed by atoms with Crippen LogP contribution in [0.3, 0.4) is 0 Å². The SMILES string of the molecule is N[SH](=O)=O.O=C1CCCCC1. The second-order valence-electron chi connectivity index (χ2n) is 2.38. The van der Waals surface area contributed by atoms with Gasteiger partial charge < -0.3 is 0 Å². The molecule has 5 heteroatoms. The van der Waals surface area contributed by atoms with Gasteiger partial charge in [0.1, 0.15) is 5.78 Å². The van der Waals surface area contributed by atoms with Crippen LogP contribution >= 0.6 is 0 Å². The molecule has 0 aromatic carbocycles. The fourth-order valence-corrected chi connectivity index (χ4v) is 0.946. The van der Waals surface area contributed by atoms with Crippen LogP contribution in [0.2, 0.25) is 0 Å². The van der Waals surface area contributed by atoms with Crippen LogP contribution < -0.4 is 5.14 Å². The summed E-state index contributed by atoms with van der Waals surface area (Å²) in [5.41, 5.74) is 0. The first-order valence-electron chi connectivity index (χ1n) is 3.53. The lowest BCUT2D eigenvalue weighted by molar-refractivity contribution is -0.120. The zero-order valence-corrected chi connectivity index (χ0v) is 7.18. The van der Waals surface area contributed by atoms with Gasteiger partial charge in [-0.2, -0.15) is 0 Å². The Hall–Kier alpha value is -0.420. The largest absolute Gasteiger partial charge is 0.300 e. The molecule has 0 amide bonds. The van der Waals surface area contributed by atoms with Crippen molar-refractivity contribution in [1.82, 2.24) is 0 Å².